The molecule has 0 fully saturated rings. The van der Waals surface area contributed by atoms with Gasteiger partial charge in [0.05, 0.1) is 52.4 Å². The van der Waals surface area contributed by atoms with E-state index in [0.717, 1.165) is 64.7 Å². The Morgan fingerprint density at radius 2 is 1.24 bits per heavy atom. The average Bonchev–Trinajstić information content (AvgIpc) is 3.71. The van der Waals surface area contributed by atoms with Gasteiger partial charge in [0.25, 0.3) is 0 Å². The molecule has 0 aliphatic heterocycles. The number of rotatable bonds is 7. The van der Waals surface area contributed by atoms with E-state index in [9.17, 15) is 14.7 Å². The first-order chi connectivity index (χ1) is 20.5. The SMILES string of the molecule is CCOC(=O)c1c(CC)nn2ccccc12.CCc1nn2ccccc2c1C=O.CCc1nn2ccccc2c1CO. The lowest BCUT2D eigenvalue weighted by atomic mass is 10.1. The standard InChI is InChI=1S/C12H14N2O2.C10H12N2O.C10H10N2O/c1-3-9-11(12(15)16-4-2)10-7-5-6-8-14(10)13-9;2*1-2-9-8(7-13)10-5-3-4-6-12(10)11-9/h5-8H,3-4H2,1-2H3;3-6,13H,2,7H2,1H3;3-7H,2H2,1H3. The van der Waals surface area contributed by atoms with Gasteiger partial charge >= 0.3 is 5.97 Å². The van der Waals surface area contributed by atoms with E-state index in [-0.39, 0.29) is 12.6 Å². The molecule has 0 aliphatic rings. The first-order valence-corrected chi connectivity index (χ1v) is 14.1. The van der Waals surface area contributed by atoms with Crippen molar-refractivity contribution < 1.29 is 19.4 Å². The smallest absolute Gasteiger partial charge is 0.342 e. The predicted molar refractivity (Wildman–Crippen MR) is 161 cm³/mol. The molecule has 0 amide bonds. The van der Waals surface area contributed by atoms with Crippen LogP contribution in [0.15, 0.2) is 73.2 Å². The number of aryl methyl sites for hydroxylation is 3. The fourth-order valence-corrected chi connectivity index (χ4v) is 4.73. The van der Waals surface area contributed by atoms with Crippen LogP contribution in [0.2, 0.25) is 0 Å². The first kappa shape index (κ1) is 30.1. The molecule has 6 aromatic rings. The first-order valence-electron chi connectivity index (χ1n) is 14.1. The fourth-order valence-electron chi connectivity index (χ4n) is 4.73. The number of hydrogen-bond donors (Lipinski definition) is 1. The number of fused-ring (bicyclic) bond motifs is 3. The van der Waals surface area contributed by atoms with E-state index in [2.05, 4.69) is 15.3 Å². The molecule has 10 heteroatoms. The second-order valence-electron chi connectivity index (χ2n) is 9.26. The number of hydrogen-bond acceptors (Lipinski definition) is 7. The van der Waals surface area contributed by atoms with Gasteiger partial charge in [-0.25, -0.2) is 18.3 Å². The minimum Gasteiger partial charge on any atom is -0.462 e. The molecule has 42 heavy (non-hydrogen) atoms. The molecular weight excluding hydrogens is 532 g/mol. The minimum absolute atomic E-state index is 0.0662. The number of aliphatic hydroxyl groups excluding tert-OH is 1. The zero-order valence-corrected chi connectivity index (χ0v) is 24.4. The van der Waals surface area contributed by atoms with E-state index < -0.39 is 0 Å². The Kier molecular flexibility index (Phi) is 10.2. The van der Waals surface area contributed by atoms with Crippen molar-refractivity contribution in [3.8, 4) is 0 Å². The number of aromatic nitrogens is 6. The van der Waals surface area contributed by atoms with Gasteiger partial charge in [0.15, 0.2) is 6.29 Å². The number of carbonyl (C=O) groups is 2. The summed E-state index contributed by atoms with van der Waals surface area (Å²) in [6.45, 7) is 8.26. The van der Waals surface area contributed by atoms with E-state index in [1.54, 1.807) is 16.0 Å². The summed E-state index contributed by atoms with van der Waals surface area (Å²) >= 11 is 0. The molecule has 0 atom stereocenters. The molecule has 218 valence electrons. The van der Waals surface area contributed by atoms with Crippen LogP contribution in [0.5, 0.6) is 0 Å². The maximum Gasteiger partial charge on any atom is 0.342 e. The van der Waals surface area contributed by atoms with Gasteiger partial charge in [0, 0.05) is 24.2 Å². The molecule has 6 heterocycles. The molecule has 0 spiro atoms. The molecule has 0 aromatic carbocycles. The van der Waals surface area contributed by atoms with Crippen molar-refractivity contribution in [2.45, 2.75) is 53.6 Å². The lowest BCUT2D eigenvalue weighted by Crippen LogP contribution is -2.06. The van der Waals surface area contributed by atoms with Crippen LogP contribution in [0, 0.1) is 0 Å². The number of carbonyl (C=O) groups excluding carboxylic acids is 2. The number of aldehydes is 1. The zero-order chi connectivity index (χ0) is 30.1. The number of ether oxygens (including phenoxy) is 1. The number of nitrogens with zero attached hydrogens (tertiary/aromatic N) is 6. The van der Waals surface area contributed by atoms with E-state index >= 15 is 0 Å². The largest absolute Gasteiger partial charge is 0.462 e. The van der Waals surface area contributed by atoms with Gasteiger partial charge in [-0.05, 0) is 62.6 Å². The monoisotopic (exact) mass is 568 g/mol. The van der Waals surface area contributed by atoms with Gasteiger partial charge in [-0.1, -0.05) is 39.0 Å². The Balaban J connectivity index is 0.000000146. The highest BCUT2D eigenvalue weighted by atomic mass is 16.5. The van der Waals surface area contributed by atoms with Gasteiger partial charge in [0.2, 0.25) is 0 Å². The Hall–Kier alpha value is -4.83. The van der Waals surface area contributed by atoms with Crippen LogP contribution in [0.3, 0.4) is 0 Å². The number of esters is 1. The van der Waals surface area contributed by atoms with Crippen LogP contribution in [-0.4, -0.2) is 52.8 Å². The lowest BCUT2D eigenvalue weighted by Gasteiger charge is -2.01. The molecular formula is C32H36N6O4. The van der Waals surface area contributed by atoms with Crippen LogP contribution in [0.1, 0.15) is 71.1 Å². The third-order valence-corrected chi connectivity index (χ3v) is 6.75. The maximum absolute atomic E-state index is 11.8. The third kappa shape index (κ3) is 6.23. The van der Waals surface area contributed by atoms with Crippen molar-refractivity contribution in [1.29, 1.82) is 0 Å². The van der Waals surface area contributed by atoms with E-state index in [0.29, 0.717) is 17.7 Å². The number of aliphatic hydroxyl groups is 1. The molecule has 6 aromatic heterocycles. The van der Waals surface area contributed by atoms with Crippen molar-refractivity contribution >= 4 is 28.8 Å². The van der Waals surface area contributed by atoms with E-state index in [4.69, 9.17) is 4.74 Å². The Morgan fingerprint density at radius 1 is 0.738 bits per heavy atom. The summed E-state index contributed by atoms with van der Waals surface area (Å²) in [7, 11) is 0. The van der Waals surface area contributed by atoms with Crippen LogP contribution >= 0.6 is 0 Å². The van der Waals surface area contributed by atoms with E-state index in [1.807, 2.05) is 98.5 Å². The second kappa shape index (κ2) is 14.2. The van der Waals surface area contributed by atoms with Gasteiger partial charge in [-0.3, -0.25) is 4.79 Å². The van der Waals surface area contributed by atoms with Crippen molar-refractivity contribution in [2.24, 2.45) is 0 Å². The van der Waals surface area contributed by atoms with Gasteiger partial charge in [0.1, 0.15) is 5.56 Å². The van der Waals surface area contributed by atoms with Crippen LogP contribution in [0.25, 0.3) is 16.6 Å². The van der Waals surface area contributed by atoms with Crippen molar-refractivity contribution in [1.82, 2.24) is 28.8 Å². The van der Waals surface area contributed by atoms with Crippen molar-refractivity contribution in [3.05, 3.63) is 107 Å². The molecule has 0 radical (unpaired) electrons. The molecule has 0 unspecified atom stereocenters. The number of pyridine rings is 3. The summed E-state index contributed by atoms with van der Waals surface area (Å²) in [4.78, 5) is 22.6. The normalized spacial score (nSPS) is 10.7. The fraction of sp³-hybridized carbons (Fsp3) is 0.281. The van der Waals surface area contributed by atoms with Crippen molar-refractivity contribution in [3.63, 3.8) is 0 Å². The highest BCUT2D eigenvalue weighted by molar-refractivity contribution is 5.98. The summed E-state index contributed by atoms with van der Waals surface area (Å²) in [5, 5.41) is 22.2. The summed E-state index contributed by atoms with van der Waals surface area (Å²) in [5.74, 6) is -0.291. The van der Waals surface area contributed by atoms with Gasteiger partial charge in [-0.2, -0.15) is 15.3 Å². The molecule has 0 saturated carbocycles. The molecule has 10 nitrogen and oxygen atoms in total. The Labute approximate surface area is 244 Å². The highest BCUT2D eigenvalue weighted by Gasteiger charge is 2.19. The van der Waals surface area contributed by atoms with Crippen LogP contribution in [0.4, 0.5) is 0 Å². The van der Waals surface area contributed by atoms with Gasteiger partial charge in [-0.15, -0.1) is 0 Å². The van der Waals surface area contributed by atoms with Crippen molar-refractivity contribution in [2.75, 3.05) is 6.61 Å². The van der Waals surface area contributed by atoms with E-state index in [1.165, 1.54) is 0 Å². The zero-order valence-electron chi connectivity index (χ0n) is 24.4. The van der Waals surface area contributed by atoms with Gasteiger partial charge < -0.3 is 9.84 Å². The summed E-state index contributed by atoms with van der Waals surface area (Å²) in [6.07, 6.45) is 8.82. The molecule has 0 saturated heterocycles. The minimum atomic E-state index is -0.291. The lowest BCUT2D eigenvalue weighted by molar-refractivity contribution is 0.0527. The molecule has 0 aliphatic carbocycles. The molecule has 6 rings (SSSR count). The quantitative estimate of drug-likeness (QED) is 0.209. The average molecular weight is 569 g/mol. The Morgan fingerprint density at radius 3 is 1.79 bits per heavy atom. The van der Waals surface area contributed by atoms with Crippen LogP contribution in [-0.2, 0) is 30.6 Å². The maximum atomic E-state index is 11.8. The summed E-state index contributed by atoms with van der Waals surface area (Å²) < 4.78 is 10.3. The summed E-state index contributed by atoms with van der Waals surface area (Å²) in [5.41, 5.74) is 7.56. The molecule has 0 bridgehead atoms. The van der Waals surface area contributed by atoms with Crippen LogP contribution < -0.4 is 0 Å². The highest BCUT2D eigenvalue weighted by Crippen LogP contribution is 2.18. The predicted octanol–water partition coefficient (Wildman–Crippen LogP) is 5.17. The summed E-state index contributed by atoms with van der Waals surface area (Å²) in [6, 6.07) is 17.2. The topological polar surface area (TPSA) is 116 Å². The second-order valence-corrected chi connectivity index (χ2v) is 9.26. The third-order valence-electron chi connectivity index (χ3n) is 6.75. The molecule has 1 N–H and O–H groups in total. The Bertz CT molecular complexity index is 1800.